The fraction of sp³-hybridized carbons (Fsp3) is 0.318. The highest BCUT2D eigenvalue weighted by atomic mass is 35.5. The van der Waals surface area contributed by atoms with Crippen LogP contribution in [0.25, 0.3) is 11.4 Å². The quantitative estimate of drug-likeness (QED) is 0.623. The van der Waals surface area contributed by atoms with E-state index >= 15 is 0 Å². The number of hydrogen-bond acceptors (Lipinski definition) is 3. The zero-order valence-corrected chi connectivity index (χ0v) is 16.5. The summed E-state index contributed by atoms with van der Waals surface area (Å²) in [4.78, 5) is 9.24. The van der Waals surface area contributed by atoms with E-state index in [2.05, 4.69) is 31.5 Å². The van der Waals surface area contributed by atoms with Crippen molar-refractivity contribution in [1.29, 1.82) is 0 Å². The van der Waals surface area contributed by atoms with Crippen LogP contribution in [-0.4, -0.2) is 52.1 Å². The van der Waals surface area contributed by atoms with E-state index in [0.29, 0.717) is 17.1 Å². The van der Waals surface area contributed by atoms with E-state index in [0.717, 1.165) is 50.7 Å². The molecule has 1 aliphatic heterocycles. The molecule has 0 unspecified atom stereocenters. The Balaban J connectivity index is 1.30. The van der Waals surface area contributed by atoms with Gasteiger partial charge >= 0.3 is 0 Å². The van der Waals surface area contributed by atoms with Gasteiger partial charge in [-0.05, 0) is 12.1 Å². The summed E-state index contributed by atoms with van der Waals surface area (Å²) in [5.74, 6) is 0.789. The molecule has 6 heteroatoms. The maximum absolute atomic E-state index is 14.0. The number of nitrogens with zero attached hydrogens (tertiary/aromatic N) is 4. The fourth-order valence-electron chi connectivity index (χ4n) is 3.66. The first-order valence-electron chi connectivity index (χ1n) is 9.65. The van der Waals surface area contributed by atoms with Crippen molar-refractivity contribution in [2.75, 3.05) is 32.7 Å². The van der Waals surface area contributed by atoms with E-state index in [1.165, 1.54) is 6.07 Å². The molecule has 1 aliphatic rings. The average molecular weight is 399 g/mol. The number of imidazole rings is 1. The van der Waals surface area contributed by atoms with Gasteiger partial charge in [0.15, 0.2) is 0 Å². The number of piperazine rings is 1. The zero-order chi connectivity index (χ0) is 19.3. The average Bonchev–Trinajstić information content (AvgIpc) is 3.19. The number of hydrogen-bond donors (Lipinski definition) is 0. The highest BCUT2D eigenvalue weighted by Crippen LogP contribution is 2.21. The number of rotatable bonds is 6. The van der Waals surface area contributed by atoms with E-state index in [1.54, 1.807) is 12.1 Å². The SMILES string of the molecule is Fc1cccc(Cl)c1CN1CCN(CCn2ccnc2-c2ccccc2)CC1. The lowest BCUT2D eigenvalue weighted by atomic mass is 10.2. The first-order chi connectivity index (χ1) is 13.7. The molecule has 4 rings (SSSR count). The normalized spacial score (nSPS) is 15.8. The first-order valence-corrected chi connectivity index (χ1v) is 10.0. The van der Waals surface area contributed by atoms with Gasteiger partial charge in [0.25, 0.3) is 0 Å². The van der Waals surface area contributed by atoms with Crippen LogP contribution in [0.4, 0.5) is 4.39 Å². The van der Waals surface area contributed by atoms with Crippen LogP contribution in [0.2, 0.25) is 5.02 Å². The Bertz CT molecular complexity index is 884. The lowest BCUT2D eigenvalue weighted by molar-refractivity contribution is 0.123. The molecule has 0 radical (unpaired) electrons. The topological polar surface area (TPSA) is 24.3 Å². The first kappa shape index (κ1) is 19.1. The molecule has 4 nitrogen and oxygen atoms in total. The Hall–Kier alpha value is -2.21. The summed E-state index contributed by atoms with van der Waals surface area (Å²) in [5, 5.41) is 0.510. The summed E-state index contributed by atoms with van der Waals surface area (Å²) >= 11 is 6.16. The minimum Gasteiger partial charge on any atom is -0.330 e. The summed E-state index contributed by atoms with van der Waals surface area (Å²) in [6.45, 7) is 6.23. The molecule has 2 heterocycles. The van der Waals surface area contributed by atoms with E-state index in [-0.39, 0.29) is 5.82 Å². The van der Waals surface area contributed by atoms with Crippen LogP contribution in [0.1, 0.15) is 5.56 Å². The molecular formula is C22H24ClFN4. The van der Waals surface area contributed by atoms with Crippen molar-refractivity contribution in [3.05, 3.63) is 77.3 Å². The van der Waals surface area contributed by atoms with Gasteiger partial charge in [-0.3, -0.25) is 9.80 Å². The maximum Gasteiger partial charge on any atom is 0.139 e. The molecule has 0 spiro atoms. The molecule has 0 bridgehead atoms. The predicted octanol–water partition coefficient (Wildman–Crippen LogP) is 4.16. The second-order valence-corrected chi connectivity index (χ2v) is 7.54. The van der Waals surface area contributed by atoms with E-state index in [1.807, 2.05) is 30.6 Å². The summed E-state index contributed by atoms with van der Waals surface area (Å²) in [5.41, 5.74) is 1.74. The largest absolute Gasteiger partial charge is 0.330 e. The molecular weight excluding hydrogens is 375 g/mol. The van der Waals surface area contributed by atoms with Gasteiger partial charge in [0.1, 0.15) is 11.6 Å². The zero-order valence-electron chi connectivity index (χ0n) is 15.8. The molecule has 0 atom stereocenters. The molecule has 0 N–H and O–H groups in total. The fourth-order valence-corrected chi connectivity index (χ4v) is 3.89. The third-order valence-corrected chi connectivity index (χ3v) is 5.67. The van der Waals surface area contributed by atoms with Crippen molar-refractivity contribution >= 4 is 11.6 Å². The summed E-state index contributed by atoms with van der Waals surface area (Å²) in [7, 11) is 0. The standard InChI is InChI=1S/C22H24ClFN4/c23-20-7-4-8-21(24)19(20)17-27-13-11-26(12-14-27)15-16-28-10-9-25-22(28)18-5-2-1-3-6-18/h1-10H,11-17H2. The van der Waals surface area contributed by atoms with E-state index < -0.39 is 0 Å². The van der Waals surface area contributed by atoms with Crippen molar-refractivity contribution < 1.29 is 4.39 Å². The van der Waals surface area contributed by atoms with Crippen molar-refractivity contribution in [2.45, 2.75) is 13.1 Å². The Morgan fingerprint density at radius 3 is 2.39 bits per heavy atom. The van der Waals surface area contributed by atoms with Crippen molar-refractivity contribution in [1.82, 2.24) is 19.4 Å². The van der Waals surface area contributed by atoms with Crippen LogP contribution in [-0.2, 0) is 13.1 Å². The molecule has 3 aromatic rings. The number of aromatic nitrogens is 2. The van der Waals surface area contributed by atoms with Gasteiger partial charge in [-0.25, -0.2) is 9.37 Å². The minimum atomic E-state index is -0.219. The lowest BCUT2D eigenvalue weighted by Gasteiger charge is -2.35. The van der Waals surface area contributed by atoms with Gasteiger partial charge < -0.3 is 4.57 Å². The molecule has 2 aromatic carbocycles. The molecule has 1 aromatic heterocycles. The summed E-state index contributed by atoms with van der Waals surface area (Å²) in [6.07, 6.45) is 3.90. The second kappa shape index (κ2) is 8.86. The van der Waals surface area contributed by atoms with Gasteiger partial charge in [-0.1, -0.05) is 48.0 Å². The van der Waals surface area contributed by atoms with Crippen molar-refractivity contribution in [3.8, 4) is 11.4 Å². The van der Waals surface area contributed by atoms with Crippen molar-refractivity contribution in [2.24, 2.45) is 0 Å². The molecule has 28 heavy (non-hydrogen) atoms. The van der Waals surface area contributed by atoms with E-state index in [4.69, 9.17) is 11.6 Å². The number of benzene rings is 2. The smallest absolute Gasteiger partial charge is 0.139 e. The Morgan fingerprint density at radius 2 is 1.64 bits per heavy atom. The van der Waals surface area contributed by atoms with Gasteiger partial charge in [-0.15, -0.1) is 0 Å². The highest BCUT2D eigenvalue weighted by Gasteiger charge is 2.19. The van der Waals surface area contributed by atoms with Crippen LogP contribution < -0.4 is 0 Å². The lowest BCUT2D eigenvalue weighted by Crippen LogP contribution is -2.46. The van der Waals surface area contributed by atoms with Crippen LogP contribution in [0.15, 0.2) is 60.9 Å². The van der Waals surface area contributed by atoms with Crippen LogP contribution in [0, 0.1) is 5.82 Å². The molecule has 146 valence electrons. The van der Waals surface area contributed by atoms with Gasteiger partial charge in [0.2, 0.25) is 0 Å². The maximum atomic E-state index is 14.0. The monoisotopic (exact) mass is 398 g/mol. The molecule has 0 saturated carbocycles. The summed E-state index contributed by atoms with van der Waals surface area (Å²) in [6, 6.07) is 15.2. The third kappa shape index (κ3) is 4.43. The Kier molecular flexibility index (Phi) is 6.05. The number of halogens is 2. The van der Waals surface area contributed by atoms with E-state index in [9.17, 15) is 4.39 Å². The van der Waals surface area contributed by atoms with Crippen LogP contribution in [0.5, 0.6) is 0 Å². The van der Waals surface area contributed by atoms with Crippen molar-refractivity contribution in [3.63, 3.8) is 0 Å². The molecule has 0 amide bonds. The molecule has 1 fully saturated rings. The minimum absolute atomic E-state index is 0.219. The Labute approximate surface area is 170 Å². The van der Waals surface area contributed by atoms with Gasteiger partial charge in [0, 0.05) is 74.4 Å². The summed E-state index contributed by atoms with van der Waals surface area (Å²) < 4.78 is 16.2. The predicted molar refractivity (Wildman–Crippen MR) is 111 cm³/mol. The van der Waals surface area contributed by atoms with Crippen LogP contribution in [0.3, 0.4) is 0 Å². The highest BCUT2D eigenvalue weighted by molar-refractivity contribution is 6.31. The second-order valence-electron chi connectivity index (χ2n) is 7.13. The van der Waals surface area contributed by atoms with Gasteiger partial charge in [0.05, 0.1) is 0 Å². The molecule has 0 aliphatic carbocycles. The van der Waals surface area contributed by atoms with Crippen LogP contribution >= 0.6 is 11.6 Å². The third-order valence-electron chi connectivity index (χ3n) is 5.31. The molecule has 1 saturated heterocycles. The Morgan fingerprint density at radius 1 is 0.893 bits per heavy atom. The van der Waals surface area contributed by atoms with Gasteiger partial charge in [-0.2, -0.15) is 0 Å².